The smallest absolute Gasteiger partial charge is 0.323 e. The largest absolute Gasteiger partial charge is 0.355 e. The number of ketones is 1. The molecular weight excluding hydrogens is 520 g/mol. The lowest BCUT2D eigenvalue weighted by Crippen LogP contribution is -2.44. The van der Waals surface area contributed by atoms with Gasteiger partial charge in [0.25, 0.3) is 0 Å². The van der Waals surface area contributed by atoms with Gasteiger partial charge in [-0.3, -0.25) is 19.1 Å². The van der Waals surface area contributed by atoms with E-state index in [1.807, 2.05) is 11.8 Å². The Hall–Kier alpha value is -3.98. The fourth-order valence-electron chi connectivity index (χ4n) is 4.90. The summed E-state index contributed by atoms with van der Waals surface area (Å²) in [5.41, 5.74) is 1.43. The number of amides is 2. The molecule has 0 unspecified atom stereocenters. The van der Waals surface area contributed by atoms with Gasteiger partial charge in [0.05, 0.1) is 23.5 Å². The molecule has 0 spiro atoms. The third-order valence-corrected chi connectivity index (χ3v) is 7.89. The lowest BCUT2D eigenvalue weighted by atomic mass is 9.95. The Morgan fingerprint density at radius 2 is 1.87 bits per heavy atom. The number of anilines is 2. The minimum absolute atomic E-state index is 0.0140. The Balaban J connectivity index is 1.48. The number of nitriles is 1. The highest BCUT2D eigenvalue weighted by Crippen LogP contribution is 2.28. The van der Waals surface area contributed by atoms with Crippen LogP contribution in [0.25, 0.3) is 0 Å². The van der Waals surface area contributed by atoms with Gasteiger partial charge in [0.1, 0.15) is 11.9 Å². The van der Waals surface area contributed by atoms with Crippen molar-refractivity contribution in [2.45, 2.75) is 52.0 Å². The van der Waals surface area contributed by atoms with Crippen molar-refractivity contribution in [1.82, 2.24) is 14.6 Å². The number of nitrogens with zero attached hydrogens (tertiary/aromatic N) is 4. The Labute approximate surface area is 228 Å². The number of carbonyl (C=O) groups excluding carboxylic acids is 3. The summed E-state index contributed by atoms with van der Waals surface area (Å²) in [6.45, 7) is 3.44. The number of nitrogens with one attached hydrogen (secondary N) is 2. The van der Waals surface area contributed by atoms with Crippen LogP contribution in [-0.4, -0.2) is 55.5 Å². The second-order valence-electron chi connectivity index (χ2n) is 9.76. The molecule has 0 atom stereocenters. The van der Waals surface area contributed by atoms with E-state index in [2.05, 4.69) is 15.5 Å². The quantitative estimate of drug-likeness (QED) is 0.427. The number of hydrogen-bond acceptors (Lipinski definition) is 8. The zero-order valence-electron chi connectivity index (χ0n) is 21.9. The van der Waals surface area contributed by atoms with E-state index in [0.29, 0.717) is 74.5 Å². The summed E-state index contributed by atoms with van der Waals surface area (Å²) in [6.07, 6.45) is 2.90. The van der Waals surface area contributed by atoms with E-state index in [0.717, 1.165) is 6.42 Å². The first-order chi connectivity index (χ1) is 18.7. The van der Waals surface area contributed by atoms with Crippen molar-refractivity contribution < 1.29 is 22.8 Å². The van der Waals surface area contributed by atoms with Gasteiger partial charge in [0.2, 0.25) is 11.8 Å². The maximum Gasteiger partial charge on any atom is 0.323 e. The van der Waals surface area contributed by atoms with Crippen molar-refractivity contribution in [3.05, 3.63) is 53.2 Å². The molecule has 2 aliphatic heterocycles. The minimum atomic E-state index is -4.08. The standard InChI is InChI=1S/C27H32N6O5S/c1-2-7-24(34)22-16-20(17-28)26(29-23(22)18-33-13-6-10-25(33)35)32-14-11-19(12-15-32)27(36)31-39(37,38)30-21-8-4-3-5-9-21/h3-5,8-9,16,19,30H,2,6-7,10-15,18H2,1H3,(H,31,36). The fourth-order valence-corrected chi connectivity index (χ4v) is 5.82. The van der Waals surface area contributed by atoms with Crippen LogP contribution in [0.1, 0.15) is 67.1 Å². The van der Waals surface area contributed by atoms with E-state index in [1.54, 1.807) is 41.3 Å². The molecule has 11 nitrogen and oxygen atoms in total. The van der Waals surface area contributed by atoms with Gasteiger partial charge in [0, 0.05) is 44.0 Å². The van der Waals surface area contributed by atoms with E-state index in [-0.39, 0.29) is 23.8 Å². The van der Waals surface area contributed by atoms with Crippen LogP contribution in [0.5, 0.6) is 0 Å². The first-order valence-electron chi connectivity index (χ1n) is 13.1. The average molecular weight is 553 g/mol. The summed E-state index contributed by atoms with van der Waals surface area (Å²) < 4.78 is 29.2. The summed E-state index contributed by atoms with van der Waals surface area (Å²) in [4.78, 5) is 46.1. The van der Waals surface area contributed by atoms with Crippen LogP contribution in [-0.2, 0) is 26.3 Å². The van der Waals surface area contributed by atoms with Crippen LogP contribution in [0.3, 0.4) is 0 Å². The average Bonchev–Trinajstić information content (AvgIpc) is 3.32. The Kier molecular flexibility index (Phi) is 8.81. The molecule has 4 rings (SSSR count). The number of aromatic nitrogens is 1. The number of carbonyl (C=O) groups is 3. The predicted octanol–water partition coefficient (Wildman–Crippen LogP) is 2.75. The summed E-state index contributed by atoms with van der Waals surface area (Å²) in [7, 11) is -4.08. The number of Topliss-reactive ketones (excluding diaryl/α,β-unsaturated/α-hetero) is 1. The molecule has 1 aromatic carbocycles. The van der Waals surface area contributed by atoms with Crippen LogP contribution in [0.4, 0.5) is 11.5 Å². The predicted molar refractivity (Wildman–Crippen MR) is 145 cm³/mol. The first-order valence-corrected chi connectivity index (χ1v) is 14.6. The molecule has 3 heterocycles. The zero-order chi connectivity index (χ0) is 28.0. The molecule has 0 radical (unpaired) electrons. The van der Waals surface area contributed by atoms with Crippen LogP contribution < -0.4 is 14.3 Å². The van der Waals surface area contributed by atoms with Gasteiger partial charge >= 0.3 is 10.2 Å². The number of piperidine rings is 1. The molecule has 0 aliphatic carbocycles. The molecule has 12 heteroatoms. The summed E-state index contributed by atoms with van der Waals surface area (Å²) in [5.74, 6) is -0.827. The van der Waals surface area contributed by atoms with Crippen molar-refractivity contribution in [1.29, 1.82) is 5.26 Å². The number of likely N-dealkylation sites (tertiary alicyclic amines) is 1. The highest BCUT2D eigenvalue weighted by atomic mass is 32.2. The van der Waals surface area contributed by atoms with Gasteiger partial charge in [-0.2, -0.15) is 13.7 Å². The van der Waals surface area contributed by atoms with Crippen molar-refractivity contribution in [3.8, 4) is 6.07 Å². The molecular formula is C27H32N6O5S. The van der Waals surface area contributed by atoms with Crippen LogP contribution in [0, 0.1) is 17.2 Å². The monoisotopic (exact) mass is 552 g/mol. The molecule has 2 fully saturated rings. The van der Waals surface area contributed by atoms with Crippen molar-refractivity contribution in [2.24, 2.45) is 5.92 Å². The number of rotatable bonds is 10. The Bertz CT molecular complexity index is 1380. The second kappa shape index (κ2) is 12.3. The summed E-state index contributed by atoms with van der Waals surface area (Å²) in [5, 5.41) is 9.86. The number of benzene rings is 1. The topological polar surface area (TPSA) is 153 Å². The van der Waals surface area contributed by atoms with Crippen molar-refractivity contribution in [2.75, 3.05) is 29.3 Å². The molecule has 2 saturated heterocycles. The molecule has 0 bridgehead atoms. The summed E-state index contributed by atoms with van der Waals surface area (Å²) in [6, 6.07) is 12.0. The first kappa shape index (κ1) is 28.0. The molecule has 1 aromatic heterocycles. The van der Waals surface area contributed by atoms with Crippen LogP contribution in [0.15, 0.2) is 36.4 Å². The van der Waals surface area contributed by atoms with Gasteiger partial charge < -0.3 is 9.80 Å². The Morgan fingerprint density at radius 3 is 2.49 bits per heavy atom. The van der Waals surface area contributed by atoms with Gasteiger partial charge in [-0.1, -0.05) is 25.1 Å². The van der Waals surface area contributed by atoms with Gasteiger partial charge in [0.15, 0.2) is 5.78 Å². The highest BCUT2D eigenvalue weighted by molar-refractivity contribution is 7.91. The fraction of sp³-hybridized carbons (Fsp3) is 0.444. The SMILES string of the molecule is CCCC(=O)c1cc(C#N)c(N2CCC(C(=O)NS(=O)(=O)Nc3ccccc3)CC2)nc1CN1CCCC1=O. The van der Waals surface area contributed by atoms with Crippen LogP contribution >= 0.6 is 0 Å². The Morgan fingerprint density at radius 1 is 1.15 bits per heavy atom. The maximum absolute atomic E-state index is 12.9. The van der Waals surface area contributed by atoms with E-state index in [4.69, 9.17) is 4.98 Å². The molecule has 2 aromatic rings. The van der Waals surface area contributed by atoms with E-state index in [9.17, 15) is 28.1 Å². The molecule has 2 aliphatic rings. The zero-order valence-corrected chi connectivity index (χ0v) is 22.7. The van der Waals surface area contributed by atoms with E-state index >= 15 is 0 Å². The third-order valence-electron chi connectivity index (χ3n) is 6.92. The molecule has 0 saturated carbocycles. The maximum atomic E-state index is 12.9. The third kappa shape index (κ3) is 6.92. The highest BCUT2D eigenvalue weighted by Gasteiger charge is 2.31. The molecule has 206 valence electrons. The number of para-hydroxylation sites is 1. The lowest BCUT2D eigenvalue weighted by molar-refractivity contribution is -0.128. The lowest BCUT2D eigenvalue weighted by Gasteiger charge is -2.33. The van der Waals surface area contributed by atoms with Gasteiger partial charge in [-0.05, 0) is 43.9 Å². The second-order valence-corrected chi connectivity index (χ2v) is 11.2. The van der Waals surface area contributed by atoms with Gasteiger partial charge in [-0.25, -0.2) is 9.71 Å². The molecule has 2 N–H and O–H groups in total. The van der Waals surface area contributed by atoms with Crippen molar-refractivity contribution >= 4 is 39.3 Å². The number of hydrogen-bond donors (Lipinski definition) is 2. The van der Waals surface area contributed by atoms with E-state index < -0.39 is 22.0 Å². The van der Waals surface area contributed by atoms with Crippen LogP contribution in [0.2, 0.25) is 0 Å². The summed E-state index contributed by atoms with van der Waals surface area (Å²) >= 11 is 0. The number of pyridine rings is 1. The minimum Gasteiger partial charge on any atom is -0.355 e. The van der Waals surface area contributed by atoms with E-state index in [1.165, 1.54) is 0 Å². The molecule has 2 amide bonds. The van der Waals surface area contributed by atoms with Gasteiger partial charge in [-0.15, -0.1) is 0 Å². The molecule has 39 heavy (non-hydrogen) atoms. The van der Waals surface area contributed by atoms with Crippen molar-refractivity contribution in [3.63, 3.8) is 0 Å². The normalized spacial score (nSPS) is 16.2.